The van der Waals surface area contributed by atoms with Crippen LogP contribution in [0.4, 0.5) is 0 Å². The van der Waals surface area contributed by atoms with Gasteiger partial charge in [0.1, 0.15) is 6.10 Å². The van der Waals surface area contributed by atoms with Crippen LogP contribution in [0.1, 0.15) is 68.6 Å². The zero-order valence-electron chi connectivity index (χ0n) is 10.8. The number of aromatic amines is 1. The van der Waals surface area contributed by atoms with Crippen molar-refractivity contribution in [3.63, 3.8) is 0 Å². The van der Waals surface area contributed by atoms with Crippen LogP contribution in [0.25, 0.3) is 0 Å². The number of H-pyrrole nitrogens is 1. The Hall–Kier alpha value is -0.940. The smallest absolute Gasteiger partial charge is 0.153 e. The highest BCUT2D eigenvalue weighted by Crippen LogP contribution is 2.33. The average molecular weight is 250 g/mol. The molecule has 2 unspecified atom stereocenters. The molecule has 1 aromatic rings. The summed E-state index contributed by atoms with van der Waals surface area (Å²) in [7, 11) is 0. The van der Waals surface area contributed by atoms with Crippen molar-refractivity contribution >= 4 is 0 Å². The molecule has 1 saturated carbocycles. The van der Waals surface area contributed by atoms with Gasteiger partial charge in [-0.05, 0) is 25.7 Å². The van der Waals surface area contributed by atoms with Gasteiger partial charge >= 0.3 is 0 Å². The molecule has 3 rings (SSSR count). The third-order valence-electron chi connectivity index (χ3n) is 4.17. The Morgan fingerprint density at radius 3 is 2.72 bits per heavy atom. The lowest BCUT2D eigenvalue weighted by Crippen LogP contribution is -2.19. The molecule has 2 fully saturated rings. The molecule has 18 heavy (non-hydrogen) atoms. The fourth-order valence-electron chi connectivity index (χ4n) is 3.06. The van der Waals surface area contributed by atoms with Gasteiger partial charge in [-0.25, -0.2) is 4.98 Å². The van der Waals surface area contributed by atoms with E-state index in [1.807, 2.05) is 0 Å². The number of hydrogen-bond donors (Lipinski definition) is 2. The first kappa shape index (κ1) is 12.1. The van der Waals surface area contributed by atoms with Gasteiger partial charge in [-0.1, -0.05) is 19.3 Å². The molecule has 1 aliphatic heterocycles. The van der Waals surface area contributed by atoms with Crippen LogP contribution in [-0.4, -0.2) is 27.8 Å². The highest BCUT2D eigenvalue weighted by Gasteiger charge is 2.29. The van der Waals surface area contributed by atoms with E-state index in [-0.39, 0.29) is 12.2 Å². The molecular formula is C13H22N4O. The van der Waals surface area contributed by atoms with E-state index in [1.54, 1.807) is 0 Å². The number of nitrogens with two attached hydrogens (primary N) is 1. The van der Waals surface area contributed by atoms with Crippen molar-refractivity contribution in [1.82, 2.24) is 15.2 Å². The van der Waals surface area contributed by atoms with Crippen LogP contribution in [0.5, 0.6) is 0 Å². The summed E-state index contributed by atoms with van der Waals surface area (Å²) in [6, 6.07) is 0. The van der Waals surface area contributed by atoms with Crippen molar-refractivity contribution in [3.8, 4) is 0 Å². The van der Waals surface area contributed by atoms with E-state index in [2.05, 4.69) is 15.2 Å². The third-order valence-corrected chi connectivity index (χ3v) is 4.17. The van der Waals surface area contributed by atoms with Gasteiger partial charge in [-0.2, -0.15) is 5.10 Å². The summed E-state index contributed by atoms with van der Waals surface area (Å²) < 4.78 is 5.84. The van der Waals surface area contributed by atoms with Gasteiger partial charge in [-0.3, -0.25) is 5.10 Å². The van der Waals surface area contributed by atoms with Crippen LogP contribution in [0.15, 0.2) is 0 Å². The summed E-state index contributed by atoms with van der Waals surface area (Å²) in [6.45, 7) is 0.597. The topological polar surface area (TPSA) is 76.8 Å². The first-order valence-corrected chi connectivity index (χ1v) is 7.14. The SMILES string of the molecule is NCC1CCC(c2nc(C3CCCCC3)n[nH]2)O1. The van der Waals surface area contributed by atoms with Gasteiger partial charge in [0.15, 0.2) is 11.6 Å². The molecule has 1 aromatic heterocycles. The first-order chi connectivity index (χ1) is 8.86. The van der Waals surface area contributed by atoms with Crippen LogP contribution >= 0.6 is 0 Å². The van der Waals surface area contributed by atoms with Gasteiger partial charge in [-0.15, -0.1) is 0 Å². The standard InChI is InChI=1S/C13H22N4O/c14-8-10-6-7-11(18-10)13-15-12(16-17-13)9-4-2-1-3-5-9/h9-11H,1-8,14H2,(H,15,16,17). The van der Waals surface area contributed by atoms with Gasteiger partial charge in [0, 0.05) is 12.5 Å². The lowest BCUT2D eigenvalue weighted by molar-refractivity contribution is 0.0449. The van der Waals surface area contributed by atoms with Gasteiger partial charge in [0.25, 0.3) is 0 Å². The zero-order valence-corrected chi connectivity index (χ0v) is 10.8. The Bertz CT molecular complexity index is 386. The number of ether oxygens (including phenoxy) is 1. The molecule has 2 atom stereocenters. The molecule has 5 nitrogen and oxygen atoms in total. The molecule has 3 N–H and O–H groups in total. The lowest BCUT2D eigenvalue weighted by atomic mass is 9.89. The second-order valence-electron chi connectivity index (χ2n) is 5.47. The molecule has 0 amide bonds. The van der Waals surface area contributed by atoms with Gasteiger partial charge in [0.2, 0.25) is 0 Å². The Morgan fingerprint density at radius 1 is 1.17 bits per heavy atom. The van der Waals surface area contributed by atoms with E-state index in [0.717, 1.165) is 24.5 Å². The predicted octanol–water partition coefficient (Wildman–Crippen LogP) is 2.03. The summed E-state index contributed by atoms with van der Waals surface area (Å²) in [5, 5.41) is 7.45. The highest BCUT2D eigenvalue weighted by molar-refractivity contribution is 5.02. The van der Waals surface area contributed by atoms with E-state index in [0.29, 0.717) is 12.5 Å². The molecule has 2 aliphatic rings. The molecule has 0 aromatic carbocycles. The zero-order chi connectivity index (χ0) is 12.4. The molecular weight excluding hydrogens is 228 g/mol. The molecule has 100 valence electrons. The van der Waals surface area contributed by atoms with Crippen molar-refractivity contribution in [2.75, 3.05) is 6.54 Å². The molecule has 5 heteroatoms. The average Bonchev–Trinajstić information content (AvgIpc) is 3.08. The van der Waals surface area contributed by atoms with Crippen molar-refractivity contribution < 1.29 is 4.74 Å². The van der Waals surface area contributed by atoms with Gasteiger partial charge in [0.05, 0.1) is 6.10 Å². The summed E-state index contributed by atoms with van der Waals surface area (Å²) in [5.41, 5.74) is 5.62. The van der Waals surface area contributed by atoms with Crippen LogP contribution in [0.2, 0.25) is 0 Å². The normalized spacial score (nSPS) is 29.8. The van der Waals surface area contributed by atoms with Crippen molar-refractivity contribution in [2.45, 2.75) is 63.1 Å². The fourth-order valence-corrected chi connectivity index (χ4v) is 3.06. The van der Waals surface area contributed by atoms with E-state index in [1.165, 1.54) is 32.1 Å². The summed E-state index contributed by atoms with van der Waals surface area (Å²) in [6.07, 6.45) is 8.73. The van der Waals surface area contributed by atoms with Crippen molar-refractivity contribution in [2.24, 2.45) is 5.73 Å². The summed E-state index contributed by atoms with van der Waals surface area (Å²) >= 11 is 0. The largest absolute Gasteiger partial charge is 0.366 e. The van der Waals surface area contributed by atoms with E-state index >= 15 is 0 Å². The maximum absolute atomic E-state index is 5.84. The van der Waals surface area contributed by atoms with Crippen LogP contribution in [0.3, 0.4) is 0 Å². The number of hydrogen-bond acceptors (Lipinski definition) is 4. The second kappa shape index (κ2) is 5.36. The summed E-state index contributed by atoms with van der Waals surface area (Å²) in [5.74, 6) is 2.44. The molecule has 0 radical (unpaired) electrons. The van der Waals surface area contributed by atoms with E-state index in [9.17, 15) is 0 Å². The predicted molar refractivity (Wildman–Crippen MR) is 68.1 cm³/mol. The van der Waals surface area contributed by atoms with Crippen LogP contribution in [-0.2, 0) is 4.74 Å². The highest BCUT2D eigenvalue weighted by atomic mass is 16.5. The van der Waals surface area contributed by atoms with Crippen LogP contribution < -0.4 is 5.73 Å². The minimum Gasteiger partial charge on any atom is -0.366 e. The summed E-state index contributed by atoms with van der Waals surface area (Å²) in [4.78, 5) is 4.65. The second-order valence-corrected chi connectivity index (χ2v) is 5.47. The minimum absolute atomic E-state index is 0.0726. The number of aromatic nitrogens is 3. The van der Waals surface area contributed by atoms with E-state index < -0.39 is 0 Å². The van der Waals surface area contributed by atoms with E-state index in [4.69, 9.17) is 10.5 Å². The minimum atomic E-state index is 0.0726. The van der Waals surface area contributed by atoms with Crippen LogP contribution in [0, 0.1) is 0 Å². The lowest BCUT2D eigenvalue weighted by Gasteiger charge is -2.18. The first-order valence-electron chi connectivity index (χ1n) is 7.14. The Morgan fingerprint density at radius 2 is 2.00 bits per heavy atom. The Labute approximate surface area is 108 Å². The Kier molecular flexibility index (Phi) is 3.61. The molecule has 0 bridgehead atoms. The quantitative estimate of drug-likeness (QED) is 0.860. The number of nitrogens with one attached hydrogen (secondary N) is 1. The molecule has 1 saturated heterocycles. The Balaban J connectivity index is 1.66. The maximum Gasteiger partial charge on any atom is 0.153 e. The van der Waals surface area contributed by atoms with Crippen molar-refractivity contribution in [1.29, 1.82) is 0 Å². The monoisotopic (exact) mass is 250 g/mol. The van der Waals surface area contributed by atoms with Crippen molar-refractivity contribution in [3.05, 3.63) is 11.6 Å². The number of nitrogens with zero attached hydrogens (tertiary/aromatic N) is 2. The fraction of sp³-hybridized carbons (Fsp3) is 0.846. The van der Waals surface area contributed by atoms with Gasteiger partial charge < -0.3 is 10.5 Å². The molecule has 0 spiro atoms. The number of rotatable bonds is 3. The molecule has 1 aliphatic carbocycles. The third kappa shape index (κ3) is 2.42. The maximum atomic E-state index is 5.84. The molecule has 2 heterocycles.